The molecule has 0 amide bonds. The van der Waals surface area contributed by atoms with E-state index in [4.69, 9.17) is 4.74 Å². The van der Waals surface area contributed by atoms with Gasteiger partial charge in [0.15, 0.2) is 10.8 Å². The number of benzene rings is 2. The molecule has 0 unspecified atom stereocenters. The first-order valence-electron chi connectivity index (χ1n) is 7.99. The minimum absolute atomic E-state index is 0.0556. The number of thiazole rings is 1. The molecule has 4 nitrogen and oxygen atoms in total. The van der Waals surface area contributed by atoms with Crippen LogP contribution in [-0.2, 0) is 24.1 Å². The van der Waals surface area contributed by atoms with Gasteiger partial charge in [-0.05, 0) is 11.6 Å². The molecule has 140 valence electrons. The van der Waals surface area contributed by atoms with E-state index in [9.17, 15) is 18.0 Å². The summed E-state index contributed by atoms with van der Waals surface area (Å²) >= 11 is 1.22. The van der Waals surface area contributed by atoms with Crippen LogP contribution < -0.4 is 5.32 Å². The molecule has 1 aromatic heterocycles. The van der Waals surface area contributed by atoms with Gasteiger partial charge < -0.3 is 10.1 Å². The van der Waals surface area contributed by atoms with Gasteiger partial charge in [0.1, 0.15) is 6.61 Å². The monoisotopic (exact) mass is 392 g/mol. The van der Waals surface area contributed by atoms with Gasteiger partial charge in [-0.15, -0.1) is 11.3 Å². The fraction of sp³-hybridized carbons (Fsp3) is 0.158. The molecular formula is C19H15F3N2O2S. The van der Waals surface area contributed by atoms with Crippen molar-refractivity contribution >= 4 is 22.4 Å². The normalized spacial score (nSPS) is 11.2. The molecule has 0 aliphatic rings. The lowest BCUT2D eigenvalue weighted by molar-refractivity contribution is -0.138. The van der Waals surface area contributed by atoms with Crippen LogP contribution in [0.5, 0.6) is 0 Å². The second-order valence-electron chi connectivity index (χ2n) is 5.61. The van der Waals surface area contributed by atoms with Gasteiger partial charge in [-0.2, -0.15) is 13.2 Å². The van der Waals surface area contributed by atoms with Crippen LogP contribution in [0.4, 0.5) is 18.3 Å². The predicted molar refractivity (Wildman–Crippen MR) is 96.4 cm³/mol. The van der Waals surface area contributed by atoms with Crippen LogP contribution >= 0.6 is 11.3 Å². The zero-order valence-electron chi connectivity index (χ0n) is 14.0. The summed E-state index contributed by atoms with van der Waals surface area (Å²) in [6, 6.07) is 14.6. The highest BCUT2D eigenvalue weighted by molar-refractivity contribution is 7.13. The number of ether oxygens (including phenoxy) is 1. The molecule has 0 bridgehead atoms. The molecule has 3 rings (SSSR count). The fourth-order valence-corrected chi connectivity index (χ4v) is 3.04. The summed E-state index contributed by atoms with van der Waals surface area (Å²) in [5, 5.41) is 5.12. The van der Waals surface area contributed by atoms with Crippen molar-refractivity contribution in [1.29, 1.82) is 0 Å². The van der Waals surface area contributed by atoms with E-state index in [1.54, 1.807) is 0 Å². The van der Waals surface area contributed by atoms with Crippen molar-refractivity contribution in [2.75, 3.05) is 5.32 Å². The number of rotatable bonds is 6. The number of anilines is 1. The quantitative estimate of drug-likeness (QED) is 0.591. The number of carbonyl (C=O) groups is 1. The summed E-state index contributed by atoms with van der Waals surface area (Å²) in [5.74, 6) is -0.768. The SMILES string of the molecule is O=C(OCc1ccccc1C(F)(F)F)c1csc(NCc2ccccc2)n1. The molecule has 2 aromatic carbocycles. The number of nitrogens with one attached hydrogen (secondary N) is 1. The van der Waals surface area contributed by atoms with Crippen molar-refractivity contribution in [3.8, 4) is 0 Å². The molecule has 0 radical (unpaired) electrons. The third kappa shape index (κ3) is 5.07. The summed E-state index contributed by atoms with van der Waals surface area (Å²) in [4.78, 5) is 16.2. The zero-order chi connectivity index (χ0) is 19.3. The van der Waals surface area contributed by atoms with Gasteiger partial charge in [-0.25, -0.2) is 9.78 Å². The number of hydrogen-bond acceptors (Lipinski definition) is 5. The second-order valence-corrected chi connectivity index (χ2v) is 6.47. The molecule has 0 atom stereocenters. The van der Waals surface area contributed by atoms with Gasteiger partial charge in [0, 0.05) is 17.5 Å². The lowest BCUT2D eigenvalue weighted by atomic mass is 10.1. The van der Waals surface area contributed by atoms with E-state index in [0.717, 1.165) is 11.6 Å². The van der Waals surface area contributed by atoms with Crippen LogP contribution in [0.25, 0.3) is 0 Å². The number of alkyl halides is 3. The molecular weight excluding hydrogens is 377 g/mol. The first-order valence-corrected chi connectivity index (χ1v) is 8.87. The molecule has 27 heavy (non-hydrogen) atoms. The molecule has 3 aromatic rings. The molecule has 0 fully saturated rings. The number of hydrogen-bond donors (Lipinski definition) is 1. The smallest absolute Gasteiger partial charge is 0.416 e. The molecule has 0 saturated heterocycles. The zero-order valence-corrected chi connectivity index (χ0v) is 14.8. The van der Waals surface area contributed by atoms with Crippen LogP contribution in [0.1, 0.15) is 27.2 Å². The summed E-state index contributed by atoms with van der Waals surface area (Å²) in [5.41, 5.74) is 0.193. The van der Waals surface area contributed by atoms with Gasteiger partial charge >= 0.3 is 12.1 Å². The summed E-state index contributed by atoms with van der Waals surface area (Å²) in [6.45, 7) is 0.0701. The van der Waals surface area contributed by atoms with E-state index in [1.807, 2.05) is 30.3 Å². The molecule has 8 heteroatoms. The topological polar surface area (TPSA) is 51.2 Å². The van der Waals surface area contributed by atoms with Gasteiger partial charge in [-0.1, -0.05) is 48.5 Å². The van der Waals surface area contributed by atoms with E-state index in [2.05, 4.69) is 10.3 Å². The molecule has 1 heterocycles. The Morgan fingerprint density at radius 1 is 1.07 bits per heavy atom. The van der Waals surface area contributed by atoms with Gasteiger partial charge in [0.2, 0.25) is 0 Å². The molecule has 0 spiro atoms. The van der Waals surface area contributed by atoms with Crippen LogP contribution in [0.2, 0.25) is 0 Å². The first kappa shape index (κ1) is 18.9. The van der Waals surface area contributed by atoms with Gasteiger partial charge in [0.05, 0.1) is 5.56 Å². The lowest BCUT2D eigenvalue weighted by Gasteiger charge is -2.12. The highest BCUT2D eigenvalue weighted by Gasteiger charge is 2.33. The summed E-state index contributed by atoms with van der Waals surface area (Å²) in [7, 11) is 0. The van der Waals surface area contributed by atoms with Crippen LogP contribution in [-0.4, -0.2) is 11.0 Å². The number of carbonyl (C=O) groups excluding carboxylic acids is 1. The maximum Gasteiger partial charge on any atom is 0.416 e. The molecule has 1 N–H and O–H groups in total. The highest BCUT2D eigenvalue weighted by Crippen LogP contribution is 2.32. The maximum absolute atomic E-state index is 13.0. The minimum atomic E-state index is -4.50. The van der Waals surface area contributed by atoms with Crippen molar-refractivity contribution in [2.45, 2.75) is 19.3 Å². The average Bonchev–Trinajstić information content (AvgIpc) is 3.14. The van der Waals surface area contributed by atoms with Crippen LogP contribution in [0, 0.1) is 0 Å². The Balaban J connectivity index is 1.59. The largest absolute Gasteiger partial charge is 0.456 e. The van der Waals surface area contributed by atoms with E-state index in [1.165, 1.54) is 34.9 Å². The molecule has 0 aliphatic heterocycles. The van der Waals surface area contributed by atoms with Gasteiger partial charge in [-0.3, -0.25) is 0 Å². The van der Waals surface area contributed by atoms with Crippen molar-refractivity contribution < 1.29 is 22.7 Å². The first-order chi connectivity index (χ1) is 12.9. The Labute approximate surface area is 157 Å². The second kappa shape index (κ2) is 8.22. The molecule has 0 saturated carbocycles. The Bertz CT molecular complexity index is 911. The van der Waals surface area contributed by atoms with Crippen molar-refractivity contribution in [2.24, 2.45) is 0 Å². The maximum atomic E-state index is 13.0. The van der Waals surface area contributed by atoms with Crippen molar-refractivity contribution in [3.05, 3.63) is 82.4 Å². The Hall–Kier alpha value is -2.87. The Morgan fingerprint density at radius 2 is 1.78 bits per heavy atom. The highest BCUT2D eigenvalue weighted by atomic mass is 32.1. The third-order valence-electron chi connectivity index (χ3n) is 3.68. The Kier molecular flexibility index (Phi) is 5.75. The average molecular weight is 392 g/mol. The predicted octanol–water partition coefficient (Wildman–Crippen LogP) is 5.13. The fourth-order valence-electron chi connectivity index (χ4n) is 2.36. The summed E-state index contributed by atoms with van der Waals surface area (Å²) in [6.07, 6.45) is -4.50. The summed E-state index contributed by atoms with van der Waals surface area (Å²) < 4.78 is 43.9. The number of halogens is 3. The van der Waals surface area contributed by atoms with Crippen LogP contribution in [0.15, 0.2) is 60.0 Å². The van der Waals surface area contributed by atoms with Crippen molar-refractivity contribution in [3.63, 3.8) is 0 Å². The van der Waals surface area contributed by atoms with Gasteiger partial charge in [0.25, 0.3) is 0 Å². The number of esters is 1. The number of aromatic nitrogens is 1. The van der Waals surface area contributed by atoms with E-state index < -0.39 is 24.3 Å². The molecule has 0 aliphatic carbocycles. The van der Waals surface area contributed by atoms with E-state index in [0.29, 0.717) is 11.7 Å². The Morgan fingerprint density at radius 3 is 2.52 bits per heavy atom. The number of nitrogens with zero attached hydrogens (tertiary/aromatic N) is 1. The van der Waals surface area contributed by atoms with Crippen LogP contribution in [0.3, 0.4) is 0 Å². The van der Waals surface area contributed by atoms with E-state index >= 15 is 0 Å². The van der Waals surface area contributed by atoms with Crippen molar-refractivity contribution in [1.82, 2.24) is 4.98 Å². The van der Waals surface area contributed by atoms with E-state index in [-0.39, 0.29) is 11.3 Å². The minimum Gasteiger partial charge on any atom is -0.456 e. The third-order valence-corrected chi connectivity index (χ3v) is 4.48. The lowest BCUT2D eigenvalue weighted by Crippen LogP contribution is -2.12. The standard InChI is InChI=1S/C19H15F3N2O2S/c20-19(21,22)15-9-5-4-8-14(15)11-26-17(25)16-12-27-18(24-16)23-10-13-6-2-1-3-7-13/h1-9,12H,10-11H2,(H,23,24).